The summed E-state index contributed by atoms with van der Waals surface area (Å²) in [6.07, 6.45) is 4.95. The van der Waals surface area contributed by atoms with Crippen molar-refractivity contribution >= 4 is 5.91 Å². The Morgan fingerprint density at radius 2 is 2.06 bits per heavy atom. The normalized spacial score (nSPS) is 39.6. The van der Waals surface area contributed by atoms with E-state index in [-0.39, 0.29) is 18.1 Å². The Hall–Kier alpha value is -0.610. The van der Waals surface area contributed by atoms with E-state index in [4.69, 9.17) is 4.74 Å². The van der Waals surface area contributed by atoms with Gasteiger partial charge in [0, 0.05) is 12.6 Å². The summed E-state index contributed by atoms with van der Waals surface area (Å²) in [7, 11) is 0. The highest BCUT2D eigenvalue weighted by molar-refractivity contribution is 5.85. The van der Waals surface area contributed by atoms with E-state index < -0.39 is 5.60 Å². The van der Waals surface area contributed by atoms with E-state index in [1.807, 2.05) is 6.92 Å². The molecule has 1 unspecified atom stereocenters. The summed E-state index contributed by atoms with van der Waals surface area (Å²) in [6, 6.07) is 0.219. The molecule has 0 aromatic heterocycles. The minimum absolute atomic E-state index is 0.0198. The maximum Gasteiger partial charge on any atom is 0.252 e. The highest BCUT2D eigenvalue weighted by Crippen LogP contribution is 2.26. The van der Waals surface area contributed by atoms with Crippen molar-refractivity contribution in [2.75, 3.05) is 6.61 Å². The van der Waals surface area contributed by atoms with Gasteiger partial charge in [0.15, 0.2) is 0 Å². The van der Waals surface area contributed by atoms with Gasteiger partial charge in [0.05, 0.1) is 6.10 Å². The molecule has 1 saturated heterocycles. The Labute approximate surface area is 96.4 Å². The van der Waals surface area contributed by atoms with Crippen molar-refractivity contribution in [2.24, 2.45) is 0 Å². The van der Waals surface area contributed by atoms with Gasteiger partial charge in [-0.25, -0.2) is 0 Å². The highest BCUT2D eigenvalue weighted by atomic mass is 16.5. The lowest BCUT2D eigenvalue weighted by molar-refractivity contribution is -0.140. The lowest BCUT2D eigenvalue weighted by atomic mass is 9.92. The Kier molecular flexibility index (Phi) is 3.50. The van der Waals surface area contributed by atoms with Crippen LogP contribution in [0.15, 0.2) is 0 Å². The van der Waals surface area contributed by atoms with Gasteiger partial charge >= 0.3 is 0 Å². The predicted molar refractivity (Wildman–Crippen MR) is 60.0 cm³/mol. The summed E-state index contributed by atoms with van der Waals surface area (Å²) < 4.78 is 5.50. The van der Waals surface area contributed by atoms with Crippen LogP contribution in [0.5, 0.6) is 0 Å². The SMILES string of the molecule is CC1(C(=O)NC2CCC(O)CC2)CCCO1. The van der Waals surface area contributed by atoms with Crippen LogP contribution < -0.4 is 5.32 Å². The first-order valence-corrected chi connectivity index (χ1v) is 6.23. The number of aliphatic hydroxyl groups excluding tert-OH is 1. The zero-order valence-electron chi connectivity index (χ0n) is 9.87. The Bertz CT molecular complexity index is 253. The smallest absolute Gasteiger partial charge is 0.252 e. The van der Waals surface area contributed by atoms with Gasteiger partial charge in [-0.1, -0.05) is 0 Å². The number of amides is 1. The van der Waals surface area contributed by atoms with Crippen LogP contribution in [0.25, 0.3) is 0 Å². The van der Waals surface area contributed by atoms with E-state index in [2.05, 4.69) is 5.32 Å². The van der Waals surface area contributed by atoms with Gasteiger partial charge in [-0.3, -0.25) is 4.79 Å². The van der Waals surface area contributed by atoms with Crippen LogP contribution >= 0.6 is 0 Å². The van der Waals surface area contributed by atoms with Crippen molar-refractivity contribution in [1.29, 1.82) is 0 Å². The van der Waals surface area contributed by atoms with Crippen LogP contribution in [0.2, 0.25) is 0 Å². The molecule has 1 amide bonds. The number of hydrogen-bond acceptors (Lipinski definition) is 3. The molecule has 0 aromatic carbocycles. The van der Waals surface area contributed by atoms with Crippen LogP contribution in [-0.2, 0) is 9.53 Å². The number of hydrogen-bond donors (Lipinski definition) is 2. The number of rotatable bonds is 2. The van der Waals surface area contributed by atoms with Crippen molar-refractivity contribution in [1.82, 2.24) is 5.32 Å². The number of nitrogens with one attached hydrogen (secondary N) is 1. The first kappa shape index (κ1) is 11.9. The summed E-state index contributed by atoms with van der Waals surface area (Å²) in [5.41, 5.74) is -0.615. The highest BCUT2D eigenvalue weighted by Gasteiger charge is 2.38. The topological polar surface area (TPSA) is 58.6 Å². The second kappa shape index (κ2) is 4.72. The van der Waals surface area contributed by atoms with Gasteiger partial charge in [0.1, 0.15) is 5.60 Å². The van der Waals surface area contributed by atoms with Crippen molar-refractivity contribution in [2.45, 2.75) is 63.2 Å². The van der Waals surface area contributed by atoms with Gasteiger partial charge in [-0.05, 0) is 45.4 Å². The predicted octanol–water partition coefficient (Wildman–Crippen LogP) is 0.975. The molecule has 1 atom stereocenters. The zero-order valence-corrected chi connectivity index (χ0v) is 9.87. The second-order valence-corrected chi connectivity index (χ2v) is 5.16. The molecule has 0 bridgehead atoms. The van der Waals surface area contributed by atoms with Gasteiger partial charge in [-0.15, -0.1) is 0 Å². The van der Waals surface area contributed by atoms with Crippen LogP contribution in [0.4, 0.5) is 0 Å². The third kappa shape index (κ3) is 2.55. The molecule has 2 fully saturated rings. The van der Waals surface area contributed by atoms with Crippen LogP contribution in [-0.4, -0.2) is 35.4 Å². The summed E-state index contributed by atoms with van der Waals surface area (Å²) in [5.74, 6) is 0.0198. The monoisotopic (exact) mass is 227 g/mol. The maximum atomic E-state index is 12.0. The summed E-state index contributed by atoms with van der Waals surface area (Å²) in [6.45, 7) is 2.56. The molecule has 0 radical (unpaired) electrons. The van der Waals surface area contributed by atoms with E-state index in [1.54, 1.807) is 0 Å². The molecule has 2 aliphatic rings. The molecular weight excluding hydrogens is 206 g/mol. The molecular formula is C12H21NO3. The molecule has 1 heterocycles. The molecule has 92 valence electrons. The van der Waals surface area contributed by atoms with Gasteiger partial charge in [0.2, 0.25) is 0 Å². The molecule has 1 saturated carbocycles. The van der Waals surface area contributed by atoms with Crippen molar-refractivity contribution in [3.05, 3.63) is 0 Å². The minimum atomic E-state index is -0.615. The molecule has 0 spiro atoms. The van der Waals surface area contributed by atoms with E-state index in [0.717, 1.165) is 38.5 Å². The fraction of sp³-hybridized carbons (Fsp3) is 0.917. The maximum absolute atomic E-state index is 12.0. The molecule has 16 heavy (non-hydrogen) atoms. The second-order valence-electron chi connectivity index (χ2n) is 5.16. The minimum Gasteiger partial charge on any atom is -0.393 e. The average Bonchev–Trinajstić information content (AvgIpc) is 2.70. The number of carbonyl (C=O) groups excluding carboxylic acids is 1. The molecule has 2 rings (SSSR count). The van der Waals surface area contributed by atoms with E-state index in [9.17, 15) is 9.90 Å². The Morgan fingerprint density at radius 1 is 1.38 bits per heavy atom. The Balaban J connectivity index is 1.83. The number of ether oxygens (including phenoxy) is 1. The first-order chi connectivity index (χ1) is 7.60. The standard InChI is InChI=1S/C12H21NO3/c1-12(7-2-8-16-12)11(15)13-9-3-5-10(14)6-4-9/h9-10,14H,2-8H2,1H3,(H,13,15). The number of carbonyl (C=O) groups is 1. The summed E-state index contributed by atoms with van der Waals surface area (Å²) in [5, 5.41) is 12.4. The van der Waals surface area contributed by atoms with Crippen molar-refractivity contribution < 1.29 is 14.6 Å². The fourth-order valence-electron chi connectivity index (χ4n) is 2.52. The van der Waals surface area contributed by atoms with E-state index >= 15 is 0 Å². The third-order valence-corrected chi connectivity index (χ3v) is 3.73. The third-order valence-electron chi connectivity index (χ3n) is 3.73. The van der Waals surface area contributed by atoms with Crippen LogP contribution in [0.3, 0.4) is 0 Å². The largest absolute Gasteiger partial charge is 0.393 e. The molecule has 2 N–H and O–H groups in total. The molecule has 0 aromatic rings. The van der Waals surface area contributed by atoms with E-state index in [1.165, 1.54) is 0 Å². The fourth-order valence-corrected chi connectivity index (χ4v) is 2.52. The first-order valence-electron chi connectivity index (χ1n) is 6.23. The van der Waals surface area contributed by atoms with Gasteiger partial charge < -0.3 is 15.2 Å². The van der Waals surface area contributed by atoms with Crippen molar-refractivity contribution in [3.8, 4) is 0 Å². The summed E-state index contributed by atoms with van der Waals surface area (Å²) >= 11 is 0. The lowest BCUT2D eigenvalue weighted by Gasteiger charge is -2.30. The molecule has 4 nitrogen and oxygen atoms in total. The van der Waals surface area contributed by atoms with Crippen LogP contribution in [0.1, 0.15) is 45.4 Å². The van der Waals surface area contributed by atoms with Crippen molar-refractivity contribution in [3.63, 3.8) is 0 Å². The quantitative estimate of drug-likeness (QED) is 0.739. The van der Waals surface area contributed by atoms with Crippen LogP contribution in [0, 0.1) is 0 Å². The van der Waals surface area contributed by atoms with E-state index in [0.29, 0.717) is 6.61 Å². The lowest BCUT2D eigenvalue weighted by Crippen LogP contribution is -2.49. The molecule has 1 aliphatic carbocycles. The number of aliphatic hydroxyl groups is 1. The molecule has 1 aliphatic heterocycles. The van der Waals surface area contributed by atoms with Gasteiger partial charge in [0.25, 0.3) is 5.91 Å². The molecule has 4 heteroatoms. The summed E-state index contributed by atoms with van der Waals surface area (Å²) in [4.78, 5) is 12.0. The van der Waals surface area contributed by atoms with Gasteiger partial charge in [-0.2, -0.15) is 0 Å². The Morgan fingerprint density at radius 3 is 2.62 bits per heavy atom. The zero-order chi connectivity index (χ0) is 11.6. The average molecular weight is 227 g/mol.